The standard InChI is InChI=1S/C6H14N4O2.H2Se/c7-4(5(11)12)2-1-3-10-6(8)9;/h4H,1-3,7H2,(H,11,12)(H4,8,9,10);1H2. The Kier molecular flexibility index (Phi) is 8.89. The van der Waals surface area contributed by atoms with E-state index < -0.39 is 12.0 Å². The van der Waals surface area contributed by atoms with Crippen LogP contribution in [0.3, 0.4) is 0 Å². The Bertz CT molecular complexity index is 176. The van der Waals surface area contributed by atoms with Crippen LogP contribution in [0.15, 0.2) is 0 Å². The quantitative estimate of drug-likeness (QED) is 0.164. The second-order valence-corrected chi connectivity index (χ2v) is 2.43. The molecule has 78 valence electrons. The zero-order chi connectivity index (χ0) is 9.56. The minimum absolute atomic E-state index is 0. The van der Waals surface area contributed by atoms with E-state index in [0.717, 1.165) is 0 Å². The predicted molar refractivity (Wildman–Crippen MR) is 53.3 cm³/mol. The second kappa shape index (κ2) is 7.85. The van der Waals surface area contributed by atoms with Crippen LogP contribution in [-0.4, -0.2) is 46.7 Å². The van der Waals surface area contributed by atoms with Gasteiger partial charge in [-0.2, -0.15) is 0 Å². The number of carbonyl (C=O) groups is 1. The Morgan fingerprint density at radius 1 is 1.62 bits per heavy atom. The van der Waals surface area contributed by atoms with Gasteiger partial charge in [-0.3, -0.25) is 10.2 Å². The van der Waals surface area contributed by atoms with E-state index in [0.29, 0.717) is 19.4 Å². The van der Waals surface area contributed by atoms with Crippen LogP contribution >= 0.6 is 0 Å². The molecule has 0 bridgehead atoms. The fourth-order valence-electron chi connectivity index (χ4n) is 0.669. The molecule has 0 radical (unpaired) electrons. The van der Waals surface area contributed by atoms with Crippen molar-refractivity contribution in [1.29, 1.82) is 5.41 Å². The first-order valence-corrected chi connectivity index (χ1v) is 3.60. The molecule has 0 aliphatic rings. The average Bonchev–Trinajstić information content (AvgIpc) is 1.97. The van der Waals surface area contributed by atoms with Crippen molar-refractivity contribution in [2.24, 2.45) is 11.5 Å². The molecule has 13 heavy (non-hydrogen) atoms. The van der Waals surface area contributed by atoms with Crippen molar-refractivity contribution in [2.45, 2.75) is 18.9 Å². The van der Waals surface area contributed by atoms with Crippen LogP contribution < -0.4 is 16.8 Å². The molecule has 0 aromatic carbocycles. The number of hydrogen-bond acceptors (Lipinski definition) is 3. The molecule has 0 aromatic rings. The van der Waals surface area contributed by atoms with E-state index in [9.17, 15) is 4.79 Å². The van der Waals surface area contributed by atoms with E-state index in [1.54, 1.807) is 0 Å². The van der Waals surface area contributed by atoms with Gasteiger partial charge in [-0.05, 0) is 12.8 Å². The molecule has 0 rings (SSSR count). The first-order valence-electron chi connectivity index (χ1n) is 3.60. The molecule has 1 unspecified atom stereocenters. The topological polar surface area (TPSA) is 125 Å². The molecular formula is C6H16N4O2Se. The maximum atomic E-state index is 10.2. The minimum atomic E-state index is -1.00. The van der Waals surface area contributed by atoms with Gasteiger partial charge in [0.15, 0.2) is 5.96 Å². The van der Waals surface area contributed by atoms with Crippen LogP contribution in [-0.2, 0) is 4.79 Å². The van der Waals surface area contributed by atoms with Crippen LogP contribution in [0.4, 0.5) is 0 Å². The van der Waals surface area contributed by atoms with Crippen LogP contribution in [0.1, 0.15) is 12.8 Å². The summed E-state index contributed by atoms with van der Waals surface area (Å²) in [6.07, 6.45) is 0.975. The molecule has 0 heterocycles. The third-order valence-corrected chi connectivity index (χ3v) is 1.32. The van der Waals surface area contributed by atoms with Gasteiger partial charge in [0.05, 0.1) is 0 Å². The third-order valence-electron chi connectivity index (χ3n) is 1.32. The Labute approximate surface area is 87.0 Å². The fourth-order valence-corrected chi connectivity index (χ4v) is 0.669. The monoisotopic (exact) mass is 256 g/mol. The van der Waals surface area contributed by atoms with E-state index in [4.69, 9.17) is 22.0 Å². The van der Waals surface area contributed by atoms with Crippen LogP contribution in [0.2, 0.25) is 0 Å². The molecule has 1 atom stereocenters. The van der Waals surface area contributed by atoms with Crippen molar-refractivity contribution in [3.63, 3.8) is 0 Å². The number of nitrogens with one attached hydrogen (secondary N) is 2. The van der Waals surface area contributed by atoms with Crippen molar-refractivity contribution in [1.82, 2.24) is 5.32 Å². The molecule has 7 N–H and O–H groups in total. The molecule has 0 aliphatic carbocycles. The molecule has 0 spiro atoms. The predicted octanol–water partition coefficient (Wildman–Crippen LogP) is -2.25. The van der Waals surface area contributed by atoms with Crippen molar-refractivity contribution in [3.8, 4) is 0 Å². The van der Waals surface area contributed by atoms with Gasteiger partial charge < -0.3 is 21.9 Å². The van der Waals surface area contributed by atoms with Gasteiger partial charge in [-0.25, -0.2) is 0 Å². The van der Waals surface area contributed by atoms with Gasteiger partial charge in [0.2, 0.25) is 0 Å². The summed E-state index contributed by atoms with van der Waals surface area (Å²) in [5, 5.41) is 17.7. The number of carboxylic acids is 1. The Hall–Kier alpha value is -0.781. The van der Waals surface area contributed by atoms with Crippen LogP contribution in [0, 0.1) is 5.41 Å². The molecule has 0 saturated heterocycles. The summed E-state index contributed by atoms with van der Waals surface area (Å²) < 4.78 is 0. The molecular weight excluding hydrogens is 239 g/mol. The Morgan fingerprint density at radius 2 is 2.15 bits per heavy atom. The molecule has 0 amide bonds. The van der Waals surface area contributed by atoms with Gasteiger partial charge in [-0.15, -0.1) is 0 Å². The third kappa shape index (κ3) is 9.13. The van der Waals surface area contributed by atoms with Crippen molar-refractivity contribution in [2.75, 3.05) is 6.54 Å². The van der Waals surface area contributed by atoms with E-state index >= 15 is 0 Å². The van der Waals surface area contributed by atoms with Gasteiger partial charge in [0.1, 0.15) is 6.04 Å². The Balaban J connectivity index is 0. The van der Waals surface area contributed by atoms with Gasteiger partial charge in [0.25, 0.3) is 0 Å². The normalized spacial score (nSPS) is 11.2. The van der Waals surface area contributed by atoms with Crippen molar-refractivity contribution < 1.29 is 9.90 Å². The SMILES string of the molecule is N=C(N)NCCCC(N)C(=O)O.[SeH2]. The molecule has 7 heteroatoms. The number of rotatable bonds is 5. The summed E-state index contributed by atoms with van der Waals surface area (Å²) in [4.78, 5) is 10.2. The summed E-state index contributed by atoms with van der Waals surface area (Å²) in [5.41, 5.74) is 10.2. The average molecular weight is 255 g/mol. The van der Waals surface area contributed by atoms with Crippen molar-refractivity contribution >= 4 is 29.0 Å². The second-order valence-electron chi connectivity index (χ2n) is 2.43. The van der Waals surface area contributed by atoms with Crippen LogP contribution in [0.25, 0.3) is 0 Å². The maximum absolute atomic E-state index is 10.2. The number of guanidine groups is 1. The molecule has 6 nitrogen and oxygen atoms in total. The van der Waals surface area contributed by atoms with E-state index in [1.165, 1.54) is 0 Å². The summed E-state index contributed by atoms with van der Waals surface area (Å²) in [6, 6.07) is -0.821. The first kappa shape index (κ1) is 14.7. The number of nitrogens with two attached hydrogens (primary N) is 2. The van der Waals surface area contributed by atoms with Crippen molar-refractivity contribution in [3.05, 3.63) is 0 Å². The van der Waals surface area contributed by atoms with Gasteiger partial charge >= 0.3 is 23.0 Å². The van der Waals surface area contributed by atoms with Crippen LogP contribution in [0.5, 0.6) is 0 Å². The van der Waals surface area contributed by atoms with Gasteiger partial charge in [-0.1, -0.05) is 0 Å². The van der Waals surface area contributed by atoms with E-state index in [2.05, 4.69) is 5.32 Å². The molecule has 0 fully saturated rings. The number of aliphatic carboxylic acids is 1. The van der Waals surface area contributed by atoms with Gasteiger partial charge in [0, 0.05) is 6.54 Å². The Morgan fingerprint density at radius 3 is 2.54 bits per heavy atom. The summed E-state index contributed by atoms with van der Waals surface area (Å²) in [7, 11) is 0. The van der Waals surface area contributed by atoms with E-state index in [1.807, 2.05) is 0 Å². The molecule has 0 saturated carbocycles. The first-order chi connectivity index (χ1) is 5.54. The number of hydrogen-bond donors (Lipinski definition) is 5. The molecule has 0 aromatic heterocycles. The zero-order valence-electron chi connectivity index (χ0n) is 7.21. The summed E-state index contributed by atoms with van der Waals surface area (Å²) in [5.74, 6) is -1.11. The zero-order valence-corrected chi connectivity index (χ0v) is 9.31. The fraction of sp³-hybridized carbons (Fsp3) is 0.667. The summed E-state index contributed by atoms with van der Waals surface area (Å²) >= 11 is 0. The molecule has 0 aliphatic heterocycles. The summed E-state index contributed by atoms with van der Waals surface area (Å²) in [6.45, 7) is 0.482. The van der Waals surface area contributed by atoms with E-state index in [-0.39, 0.29) is 23.0 Å². The number of carboxylic acid groups (broad SMARTS) is 1.